The lowest BCUT2D eigenvalue weighted by Gasteiger charge is -2.12. The molecule has 0 bridgehead atoms. The van der Waals surface area contributed by atoms with Gasteiger partial charge in [-0.15, -0.1) is 0 Å². The summed E-state index contributed by atoms with van der Waals surface area (Å²) in [6.45, 7) is -0.584. The van der Waals surface area contributed by atoms with E-state index in [1.165, 1.54) is 39.5 Å². The van der Waals surface area contributed by atoms with Crippen LogP contribution in [0.25, 0.3) is 6.08 Å². The number of hydrogen-bond donors (Lipinski definition) is 2. The van der Waals surface area contributed by atoms with Crippen LogP contribution in [-0.4, -0.2) is 45.7 Å². The summed E-state index contributed by atoms with van der Waals surface area (Å²) in [6.07, 6.45) is 2.60. The Labute approximate surface area is 183 Å². The Morgan fingerprint density at radius 1 is 0.935 bits per heavy atom. The molecule has 2 aromatic carbocycles. The lowest BCUT2D eigenvalue weighted by Crippen LogP contribution is -2.43. The summed E-state index contributed by atoms with van der Waals surface area (Å²) < 4.78 is 20.6. The first kappa shape index (κ1) is 23.6. The number of rotatable bonds is 8. The van der Waals surface area contributed by atoms with Gasteiger partial charge >= 0.3 is 5.97 Å². The zero-order valence-electron chi connectivity index (χ0n) is 17.1. The first-order chi connectivity index (χ1) is 14.9. The maximum atomic E-state index is 11.9. The minimum absolute atomic E-state index is 0.301. The molecule has 0 aliphatic carbocycles. The topological polar surface area (TPSA) is 112 Å². The summed E-state index contributed by atoms with van der Waals surface area (Å²) in [4.78, 5) is 35.5. The van der Waals surface area contributed by atoms with Crippen LogP contribution < -0.4 is 25.1 Å². The molecular weight excluding hydrogens is 428 g/mol. The predicted octanol–water partition coefficient (Wildman–Crippen LogP) is 2.38. The molecule has 0 fully saturated rings. The number of hydrazine groups is 1. The average molecular weight is 449 g/mol. The highest BCUT2D eigenvalue weighted by atomic mass is 35.5. The summed E-state index contributed by atoms with van der Waals surface area (Å²) >= 11 is 5.75. The van der Waals surface area contributed by atoms with E-state index in [2.05, 4.69) is 10.9 Å². The predicted molar refractivity (Wildman–Crippen MR) is 113 cm³/mol. The highest BCUT2D eigenvalue weighted by molar-refractivity contribution is 6.30. The smallest absolute Gasteiger partial charge is 0.331 e. The van der Waals surface area contributed by atoms with Crippen LogP contribution in [0.2, 0.25) is 5.02 Å². The Bertz CT molecular complexity index is 949. The number of carbonyl (C=O) groups excluding carboxylic acids is 3. The van der Waals surface area contributed by atoms with E-state index in [-0.39, 0.29) is 0 Å². The molecule has 0 radical (unpaired) electrons. The molecule has 0 saturated heterocycles. The SMILES string of the molecule is COc1cc(/C=C/C(=O)OCC(=O)NNC(=O)c2ccc(Cl)cc2)cc(OC)c1OC. The number of methoxy groups -OCH3 is 3. The molecule has 164 valence electrons. The standard InChI is InChI=1S/C21H21ClN2O7/c1-28-16-10-13(11-17(29-2)20(16)30-3)4-9-19(26)31-12-18(25)23-24-21(27)14-5-7-15(22)8-6-14/h4-11H,12H2,1-3H3,(H,23,25)(H,24,27)/b9-4+. The fourth-order valence-corrected chi connectivity index (χ4v) is 2.51. The third-order valence-electron chi connectivity index (χ3n) is 3.87. The lowest BCUT2D eigenvalue weighted by molar-refractivity contribution is -0.144. The van der Waals surface area contributed by atoms with E-state index in [1.54, 1.807) is 24.3 Å². The minimum Gasteiger partial charge on any atom is -0.493 e. The normalized spacial score (nSPS) is 10.3. The second kappa shape index (κ2) is 11.5. The zero-order chi connectivity index (χ0) is 22.8. The molecular formula is C21H21ClN2O7. The van der Waals surface area contributed by atoms with E-state index in [1.807, 2.05) is 0 Å². The van der Waals surface area contributed by atoms with Gasteiger partial charge < -0.3 is 18.9 Å². The lowest BCUT2D eigenvalue weighted by atomic mass is 10.1. The van der Waals surface area contributed by atoms with Crippen LogP contribution in [-0.2, 0) is 14.3 Å². The van der Waals surface area contributed by atoms with Crippen molar-refractivity contribution in [3.8, 4) is 17.2 Å². The zero-order valence-corrected chi connectivity index (χ0v) is 17.8. The number of amides is 2. The van der Waals surface area contributed by atoms with Crippen molar-refractivity contribution < 1.29 is 33.3 Å². The van der Waals surface area contributed by atoms with Gasteiger partial charge in [-0.3, -0.25) is 20.4 Å². The van der Waals surface area contributed by atoms with Gasteiger partial charge in [-0.2, -0.15) is 0 Å². The van der Waals surface area contributed by atoms with Gasteiger partial charge in [0, 0.05) is 16.7 Å². The Balaban J connectivity index is 1.85. The highest BCUT2D eigenvalue weighted by Crippen LogP contribution is 2.38. The summed E-state index contributed by atoms with van der Waals surface area (Å²) in [5, 5.41) is 0.479. The van der Waals surface area contributed by atoms with E-state index < -0.39 is 24.4 Å². The van der Waals surface area contributed by atoms with Gasteiger partial charge in [-0.05, 0) is 48.0 Å². The van der Waals surface area contributed by atoms with E-state index in [4.69, 9.17) is 30.5 Å². The second-order valence-electron chi connectivity index (χ2n) is 5.91. The van der Waals surface area contributed by atoms with Crippen LogP contribution in [0.1, 0.15) is 15.9 Å². The van der Waals surface area contributed by atoms with E-state index in [0.717, 1.165) is 6.08 Å². The third-order valence-corrected chi connectivity index (χ3v) is 4.12. The summed E-state index contributed by atoms with van der Waals surface area (Å²) in [7, 11) is 4.43. The van der Waals surface area contributed by atoms with Crippen molar-refractivity contribution in [3.63, 3.8) is 0 Å². The van der Waals surface area contributed by atoms with Crippen molar-refractivity contribution in [3.05, 3.63) is 58.6 Å². The van der Waals surface area contributed by atoms with Crippen molar-refractivity contribution in [2.45, 2.75) is 0 Å². The molecule has 2 rings (SSSR count). The number of benzene rings is 2. The van der Waals surface area contributed by atoms with Gasteiger partial charge in [-0.1, -0.05) is 11.6 Å². The molecule has 0 atom stereocenters. The Morgan fingerprint density at radius 3 is 2.10 bits per heavy atom. The number of hydrogen-bond acceptors (Lipinski definition) is 7. The maximum Gasteiger partial charge on any atom is 0.331 e. The first-order valence-corrected chi connectivity index (χ1v) is 9.25. The van der Waals surface area contributed by atoms with Crippen LogP contribution in [0.3, 0.4) is 0 Å². The van der Waals surface area contributed by atoms with Crippen LogP contribution in [0.5, 0.6) is 17.2 Å². The number of ether oxygens (including phenoxy) is 4. The molecule has 0 heterocycles. The fourth-order valence-electron chi connectivity index (χ4n) is 2.38. The van der Waals surface area contributed by atoms with E-state index in [9.17, 15) is 14.4 Å². The third kappa shape index (κ3) is 6.93. The van der Waals surface area contributed by atoms with Crippen molar-refractivity contribution in [2.24, 2.45) is 0 Å². The monoisotopic (exact) mass is 448 g/mol. The Hall–Kier alpha value is -3.72. The van der Waals surface area contributed by atoms with Crippen LogP contribution >= 0.6 is 11.6 Å². The summed E-state index contributed by atoms with van der Waals surface area (Å²) in [6, 6.07) is 9.37. The Morgan fingerprint density at radius 2 is 1.55 bits per heavy atom. The average Bonchev–Trinajstić information content (AvgIpc) is 2.79. The first-order valence-electron chi connectivity index (χ1n) is 8.87. The molecule has 0 unspecified atom stereocenters. The molecule has 2 amide bonds. The quantitative estimate of drug-likeness (QED) is 0.362. The van der Waals surface area contributed by atoms with Crippen LogP contribution in [0.15, 0.2) is 42.5 Å². The molecule has 2 N–H and O–H groups in total. The van der Waals surface area contributed by atoms with Crippen molar-refractivity contribution in [1.29, 1.82) is 0 Å². The van der Waals surface area contributed by atoms with Gasteiger partial charge in [0.15, 0.2) is 18.1 Å². The van der Waals surface area contributed by atoms with Crippen LogP contribution in [0, 0.1) is 0 Å². The van der Waals surface area contributed by atoms with Crippen molar-refractivity contribution in [2.75, 3.05) is 27.9 Å². The molecule has 0 saturated carbocycles. The van der Waals surface area contributed by atoms with Crippen LogP contribution in [0.4, 0.5) is 0 Å². The molecule has 0 spiro atoms. The molecule has 0 aliphatic rings. The fraction of sp³-hybridized carbons (Fsp3) is 0.190. The van der Waals surface area contributed by atoms with E-state index >= 15 is 0 Å². The maximum absolute atomic E-state index is 11.9. The van der Waals surface area contributed by atoms with Crippen molar-refractivity contribution in [1.82, 2.24) is 10.9 Å². The summed E-state index contributed by atoms with van der Waals surface area (Å²) in [5.41, 5.74) is 5.24. The van der Waals surface area contributed by atoms with Crippen molar-refractivity contribution >= 4 is 35.5 Å². The molecule has 0 aromatic heterocycles. The van der Waals surface area contributed by atoms with Gasteiger partial charge in [0.1, 0.15) is 0 Å². The summed E-state index contributed by atoms with van der Waals surface area (Å²) in [5.74, 6) is -0.748. The number of carbonyl (C=O) groups is 3. The second-order valence-corrected chi connectivity index (χ2v) is 6.35. The largest absolute Gasteiger partial charge is 0.493 e. The Kier molecular flexibility index (Phi) is 8.71. The molecule has 2 aromatic rings. The minimum atomic E-state index is -0.757. The van der Waals surface area contributed by atoms with Gasteiger partial charge in [0.25, 0.3) is 11.8 Å². The van der Waals surface area contributed by atoms with Gasteiger partial charge in [0.2, 0.25) is 5.75 Å². The highest BCUT2D eigenvalue weighted by Gasteiger charge is 2.13. The molecule has 31 heavy (non-hydrogen) atoms. The molecule has 10 heteroatoms. The molecule has 9 nitrogen and oxygen atoms in total. The van der Waals surface area contributed by atoms with Gasteiger partial charge in [-0.25, -0.2) is 4.79 Å². The van der Waals surface area contributed by atoms with E-state index in [0.29, 0.717) is 33.4 Å². The number of esters is 1. The number of nitrogens with one attached hydrogen (secondary N) is 2. The number of halogens is 1. The molecule has 0 aliphatic heterocycles. The van der Waals surface area contributed by atoms with Gasteiger partial charge in [0.05, 0.1) is 21.3 Å².